The van der Waals surface area contributed by atoms with Gasteiger partial charge < -0.3 is 15.4 Å². The first kappa shape index (κ1) is 18.5. The first-order valence-corrected chi connectivity index (χ1v) is 8.98. The van der Waals surface area contributed by atoms with Gasteiger partial charge in [0, 0.05) is 11.4 Å². The van der Waals surface area contributed by atoms with E-state index in [2.05, 4.69) is 17.6 Å². The number of carbonyl (C=O) groups is 1. The lowest BCUT2D eigenvalue weighted by Crippen LogP contribution is -2.21. The zero-order chi connectivity index (χ0) is 19.1. The third kappa shape index (κ3) is 5.61. The molecule has 27 heavy (non-hydrogen) atoms. The molecular weight excluding hydrogens is 336 g/mol. The molecule has 3 aromatic rings. The van der Waals surface area contributed by atoms with Crippen LogP contribution in [0, 0.1) is 13.8 Å². The molecule has 0 heterocycles. The van der Waals surface area contributed by atoms with Crippen molar-refractivity contribution in [2.75, 3.05) is 17.2 Å². The molecule has 0 radical (unpaired) electrons. The molecular formula is C23H24N2O2. The number of hydrogen-bond donors (Lipinski definition) is 2. The monoisotopic (exact) mass is 360 g/mol. The molecule has 4 nitrogen and oxygen atoms in total. The van der Waals surface area contributed by atoms with Gasteiger partial charge in [-0.05, 0) is 66.9 Å². The van der Waals surface area contributed by atoms with Gasteiger partial charge in [0.05, 0.1) is 6.54 Å². The normalized spacial score (nSPS) is 10.3. The summed E-state index contributed by atoms with van der Waals surface area (Å²) in [5.74, 6) is 0.714. The number of ether oxygens (including phenoxy) is 1. The number of amides is 1. The van der Waals surface area contributed by atoms with E-state index in [0.717, 1.165) is 28.3 Å². The summed E-state index contributed by atoms with van der Waals surface area (Å²) in [7, 11) is 0. The Morgan fingerprint density at radius 1 is 0.852 bits per heavy atom. The summed E-state index contributed by atoms with van der Waals surface area (Å²) in [6.45, 7) is 4.82. The number of hydrogen-bond acceptors (Lipinski definition) is 3. The number of carbonyl (C=O) groups excluding carboxylic acids is 1. The Morgan fingerprint density at radius 2 is 1.56 bits per heavy atom. The predicted octanol–water partition coefficient (Wildman–Crippen LogP) is 4.93. The molecule has 0 saturated carbocycles. The minimum Gasteiger partial charge on any atom is -0.489 e. The van der Waals surface area contributed by atoms with E-state index in [0.29, 0.717) is 6.61 Å². The van der Waals surface area contributed by atoms with Gasteiger partial charge in [0.25, 0.3) is 0 Å². The van der Waals surface area contributed by atoms with E-state index in [1.807, 2.05) is 79.7 Å². The van der Waals surface area contributed by atoms with Crippen LogP contribution in [0.3, 0.4) is 0 Å². The quantitative estimate of drug-likeness (QED) is 0.628. The van der Waals surface area contributed by atoms with Gasteiger partial charge in [-0.25, -0.2) is 0 Å². The summed E-state index contributed by atoms with van der Waals surface area (Å²) in [6, 6.07) is 23.5. The molecule has 0 aliphatic heterocycles. The van der Waals surface area contributed by atoms with Crippen LogP contribution >= 0.6 is 0 Å². The van der Waals surface area contributed by atoms with E-state index >= 15 is 0 Å². The minimum atomic E-state index is -0.0809. The Morgan fingerprint density at radius 3 is 2.26 bits per heavy atom. The van der Waals surface area contributed by atoms with Gasteiger partial charge in [0.1, 0.15) is 12.4 Å². The van der Waals surface area contributed by atoms with Crippen LogP contribution in [0.4, 0.5) is 11.4 Å². The van der Waals surface area contributed by atoms with Crippen molar-refractivity contribution in [3.8, 4) is 5.75 Å². The second kappa shape index (κ2) is 8.90. The molecule has 4 heteroatoms. The van der Waals surface area contributed by atoms with E-state index in [1.165, 1.54) is 5.56 Å². The summed E-state index contributed by atoms with van der Waals surface area (Å²) in [5, 5.41) is 6.03. The number of aryl methyl sites for hydroxylation is 2. The second-order valence-electron chi connectivity index (χ2n) is 6.50. The van der Waals surface area contributed by atoms with Gasteiger partial charge >= 0.3 is 0 Å². The summed E-state index contributed by atoms with van der Waals surface area (Å²) in [5.41, 5.74) is 5.18. The van der Waals surface area contributed by atoms with E-state index < -0.39 is 0 Å². The lowest BCUT2D eigenvalue weighted by atomic mass is 10.1. The molecule has 0 aliphatic rings. The first-order chi connectivity index (χ1) is 13.1. The number of nitrogens with one attached hydrogen (secondary N) is 2. The zero-order valence-electron chi connectivity index (χ0n) is 15.7. The third-order valence-corrected chi connectivity index (χ3v) is 4.35. The molecule has 0 unspecified atom stereocenters. The Balaban J connectivity index is 1.46. The summed E-state index contributed by atoms with van der Waals surface area (Å²) >= 11 is 0. The maximum absolute atomic E-state index is 12.1. The van der Waals surface area contributed by atoms with Crippen molar-refractivity contribution >= 4 is 17.3 Å². The summed E-state index contributed by atoms with van der Waals surface area (Å²) in [6.07, 6.45) is 0. The second-order valence-corrected chi connectivity index (χ2v) is 6.50. The highest BCUT2D eigenvalue weighted by Gasteiger charge is 2.04. The Kier molecular flexibility index (Phi) is 6.10. The van der Waals surface area contributed by atoms with Gasteiger partial charge in [0.15, 0.2) is 0 Å². The van der Waals surface area contributed by atoms with Crippen molar-refractivity contribution in [1.82, 2.24) is 0 Å². The maximum atomic E-state index is 12.1. The lowest BCUT2D eigenvalue weighted by molar-refractivity contribution is -0.114. The molecule has 0 fully saturated rings. The minimum absolute atomic E-state index is 0.0809. The highest BCUT2D eigenvalue weighted by Crippen LogP contribution is 2.17. The van der Waals surface area contributed by atoms with Gasteiger partial charge in [-0.15, -0.1) is 0 Å². The van der Waals surface area contributed by atoms with Crippen molar-refractivity contribution in [2.45, 2.75) is 20.5 Å². The van der Waals surface area contributed by atoms with E-state index in [9.17, 15) is 4.79 Å². The molecule has 0 bridgehead atoms. The van der Waals surface area contributed by atoms with Crippen LogP contribution in [0.25, 0.3) is 0 Å². The van der Waals surface area contributed by atoms with Gasteiger partial charge in [0.2, 0.25) is 5.91 Å². The Bertz CT molecular complexity index is 890. The van der Waals surface area contributed by atoms with Crippen molar-refractivity contribution in [1.29, 1.82) is 0 Å². The molecule has 3 aromatic carbocycles. The molecule has 1 amide bonds. The predicted molar refractivity (Wildman–Crippen MR) is 110 cm³/mol. The van der Waals surface area contributed by atoms with Crippen LogP contribution < -0.4 is 15.4 Å². The van der Waals surface area contributed by atoms with Crippen LogP contribution in [0.15, 0.2) is 72.8 Å². The Hall–Kier alpha value is -3.27. The summed E-state index contributed by atoms with van der Waals surface area (Å²) < 4.78 is 5.77. The SMILES string of the molecule is Cc1ccc(NC(=O)CNc2ccc(OCc3ccccc3)cc2)cc1C. The molecule has 0 atom stereocenters. The van der Waals surface area contributed by atoms with Crippen LogP contribution in [-0.2, 0) is 11.4 Å². The average molecular weight is 360 g/mol. The van der Waals surface area contributed by atoms with E-state index in [-0.39, 0.29) is 12.5 Å². The topological polar surface area (TPSA) is 50.4 Å². The smallest absolute Gasteiger partial charge is 0.243 e. The number of anilines is 2. The van der Waals surface area contributed by atoms with Gasteiger partial charge in [-0.3, -0.25) is 4.79 Å². The molecule has 0 aromatic heterocycles. The largest absolute Gasteiger partial charge is 0.489 e. The van der Waals surface area contributed by atoms with Crippen LogP contribution in [0.1, 0.15) is 16.7 Å². The highest BCUT2D eigenvalue weighted by atomic mass is 16.5. The van der Waals surface area contributed by atoms with Crippen LogP contribution in [0.5, 0.6) is 5.75 Å². The molecule has 0 saturated heterocycles. The Labute approximate surface area is 160 Å². The highest BCUT2D eigenvalue weighted by molar-refractivity contribution is 5.93. The van der Waals surface area contributed by atoms with Gasteiger partial charge in [-0.2, -0.15) is 0 Å². The van der Waals surface area contributed by atoms with Gasteiger partial charge in [-0.1, -0.05) is 36.4 Å². The lowest BCUT2D eigenvalue weighted by Gasteiger charge is -2.10. The third-order valence-electron chi connectivity index (χ3n) is 4.35. The summed E-state index contributed by atoms with van der Waals surface area (Å²) in [4.78, 5) is 12.1. The van der Waals surface area contributed by atoms with E-state index in [4.69, 9.17) is 4.74 Å². The molecule has 138 valence electrons. The standard InChI is InChI=1S/C23H24N2O2/c1-17-8-9-21(14-18(17)2)25-23(26)15-24-20-10-12-22(13-11-20)27-16-19-6-4-3-5-7-19/h3-14,24H,15-16H2,1-2H3,(H,25,26). The van der Waals surface area contributed by atoms with Crippen LogP contribution in [-0.4, -0.2) is 12.5 Å². The maximum Gasteiger partial charge on any atom is 0.243 e. The van der Waals surface area contributed by atoms with Crippen molar-refractivity contribution < 1.29 is 9.53 Å². The fraction of sp³-hybridized carbons (Fsp3) is 0.174. The fourth-order valence-electron chi connectivity index (χ4n) is 2.62. The van der Waals surface area contributed by atoms with E-state index in [1.54, 1.807) is 0 Å². The number of rotatable bonds is 7. The molecule has 0 aliphatic carbocycles. The molecule has 0 spiro atoms. The van der Waals surface area contributed by atoms with Crippen molar-refractivity contribution in [2.24, 2.45) is 0 Å². The first-order valence-electron chi connectivity index (χ1n) is 8.98. The van der Waals surface area contributed by atoms with Crippen LogP contribution in [0.2, 0.25) is 0 Å². The molecule has 2 N–H and O–H groups in total. The number of benzene rings is 3. The average Bonchev–Trinajstić information content (AvgIpc) is 2.69. The zero-order valence-corrected chi connectivity index (χ0v) is 15.7. The molecule has 3 rings (SSSR count). The van der Waals surface area contributed by atoms with Crippen molar-refractivity contribution in [3.05, 3.63) is 89.5 Å². The van der Waals surface area contributed by atoms with Crippen molar-refractivity contribution in [3.63, 3.8) is 0 Å². The fourth-order valence-corrected chi connectivity index (χ4v) is 2.62.